The van der Waals surface area contributed by atoms with E-state index in [1.165, 1.54) is 10.9 Å². The van der Waals surface area contributed by atoms with Crippen molar-refractivity contribution in [1.29, 1.82) is 5.26 Å². The Morgan fingerprint density at radius 3 is 2.42 bits per heavy atom. The number of aromatic nitrogens is 2. The smallest absolute Gasteiger partial charge is 0.341 e. The number of nitriles is 1. The highest BCUT2D eigenvalue weighted by Gasteiger charge is 2.44. The summed E-state index contributed by atoms with van der Waals surface area (Å²) in [6, 6.07) is 3.03. The van der Waals surface area contributed by atoms with Gasteiger partial charge in [-0.25, -0.2) is 0 Å². The summed E-state index contributed by atoms with van der Waals surface area (Å²) >= 11 is 0. The summed E-state index contributed by atoms with van der Waals surface area (Å²) in [7, 11) is 0. The summed E-state index contributed by atoms with van der Waals surface area (Å²) in [5.74, 6) is -0.114. The predicted octanol–water partition coefficient (Wildman–Crippen LogP) is 3.15. The molecular weight excluding hydrogens is 321 g/mol. The maximum absolute atomic E-state index is 12.7. The van der Waals surface area contributed by atoms with Crippen molar-refractivity contribution in [3.8, 4) is 6.07 Å². The summed E-state index contributed by atoms with van der Waals surface area (Å²) in [6.45, 7) is 0.905. The van der Waals surface area contributed by atoms with Crippen LogP contribution in [0, 0.1) is 16.7 Å². The molecule has 5 nitrogen and oxygen atoms in total. The molecule has 2 fully saturated rings. The molecule has 1 amide bonds. The summed E-state index contributed by atoms with van der Waals surface area (Å²) in [4.78, 5) is 14.4. The molecule has 0 atom stereocenters. The van der Waals surface area contributed by atoms with Gasteiger partial charge in [-0.3, -0.25) is 9.48 Å². The second-order valence-corrected chi connectivity index (χ2v) is 6.60. The van der Waals surface area contributed by atoms with Gasteiger partial charge < -0.3 is 4.90 Å². The van der Waals surface area contributed by atoms with Crippen molar-refractivity contribution in [1.82, 2.24) is 14.7 Å². The lowest BCUT2D eigenvalue weighted by Crippen LogP contribution is -2.46. The third kappa shape index (κ3) is 2.99. The first-order valence-corrected chi connectivity index (χ1v) is 8.19. The van der Waals surface area contributed by atoms with E-state index in [0.717, 1.165) is 18.9 Å². The second kappa shape index (κ2) is 6.11. The molecule has 0 radical (unpaired) electrons. The number of halogens is 3. The summed E-state index contributed by atoms with van der Waals surface area (Å²) in [6.07, 6.45) is 1.000. The van der Waals surface area contributed by atoms with Crippen LogP contribution in [-0.2, 0) is 11.0 Å². The standard InChI is InChI=1S/C16H19F3N4O/c17-16(18,19)13-5-10-23(21-13)12-3-8-22(9-4-12)14(24)15(11-20)6-1-2-7-15/h5,10,12H,1-4,6-9H2. The quantitative estimate of drug-likeness (QED) is 0.831. The molecule has 1 saturated carbocycles. The number of alkyl halides is 3. The molecule has 1 aliphatic heterocycles. The van der Waals surface area contributed by atoms with E-state index < -0.39 is 17.3 Å². The van der Waals surface area contributed by atoms with E-state index in [1.807, 2.05) is 0 Å². The third-order valence-corrected chi connectivity index (χ3v) is 5.11. The second-order valence-electron chi connectivity index (χ2n) is 6.60. The highest BCUT2D eigenvalue weighted by Crippen LogP contribution is 2.40. The molecule has 0 spiro atoms. The van der Waals surface area contributed by atoms with E-state index in [0.29, 0.717) is 38.8 Å². The van der Waals surface area contributed by atoms with Crippen molar-refractivity contribution in [2.24, 2.45) is 5.41 Å². The van der Waals surface area contributed by atoms with Gasteiger partial charge in [0.05, 0.1) is 12.1 Å². The van der Waals surface area contributed by atoms with Crippen LogP contribution in [0.15, 0.2) is 12.3 Å². The third-order valence-electron chi connectivity index (χ3n) is 5.11. The lowest BCUT2D eigenvalue weighted by molar-refractivity contribution is -0.141. The van der Waals surface area contributed by atoms with Gasteiger partial charge in [-0.1, -0.05) is 12.8 Å². The largest absolute Gasteiger partial charge is 0.435 e. The maximum atomic E-state index is 12.7. The molecule has 24 heavy (non-hydrogen) atoms. The zero-order chi connectivity index (χ0) is 17.4. The van der Waals surface area contributed by atoms with Crippen LogP contribution in [0.3, 0.4) is 0 Å². The first kappa shape index (κ1) is 16.8. The first-order valence-electron chi connectivity index (χ1n) is 8.19. The Hall–Kier alpha value is -2.04. The van der Waals surface area contributed by atoms with E-state index in [-0.39, 0.29) is 11.9 Å². The first-order chi connectivity index (χ1) is 11.4. The number of amides is 1. The van der Waals surface area contributed by atoms with Gasteiger partial charge in [0, 0.05) is 19.3 Å². The average molecular weight is 340 g/mol. The molecule has 1 saturated heterocycles. The van der Waals surface area contributed by atoms with Gasteiger partial charge in [0.2, 0.25) is 5.91 Å². The minimum atomic E-state index is -4.44. The van der Waals surface area contributed by atoms with E-state index in [2.05, 4.69) is 11.2 Å². The Bertz CT molecular complexity index is 647. The van der Waals surface area contributed by atoms with Crippen LogP contribution in [0.1, 0.15) is 50.3 Å². The molecule has 2 aliphatic rings. The minimum Gasteiger partial charge on any atom is -0.341 e. The van der Waals surface area contributed by atoms with Crippen molar-refractivity contribution in [3.05, 3.63) is 18.0 Å². The average Bonchev–Trinajstić information content (AvgIpc) is 3.24. The molecular formula is C16H19F3N4O. The summed E-state index contributed by atoms with van der Waals surface area (Å²) in [5, 5.41) is 13.0. The zero-order valence-corrected chi connectivity index (χ0v) is 13.2. The van der Waals surface area contributed by atoms with Crippen LogP contribution >= 0.6 is 0 Å². The fourth-order valence-electron chi connectivity index (χ4n) is 3.68. The molecule has 8 heteroatoms. The molecule has 0 aromatic carbocycles. The number of hydrogen-bond acceptors (Lipinski definition) is 3. The van der Waals surface area contributed by atoms with Crippen LogP contribution in [0.2, 0.25) is 0 Å². The van der Waals surface area contributed by atoms with E-state index in [4.69, 9.17) is 0 Å². The molecule has 2 heterocycles. The van der Waals surface area contributed by atoms with Crippen LogP contribution in [0.4, 0.5) is 13.2 Å². The minimum absolute atomic E-state index is 0.114. The monoisotopic (exact) mass is 340 g/mol. The number of hydrogen-bond donors (Lipinski definition) is 0. The Morgan fingerprint density at radius 1 is 1.29 bits per heavy atom. The van der Waals surface area contributed by atoms with E-state index >= 15 is 0 Å². The maximum Gasteiger partial charge on any atom is 0.435 e. The Labute approximate surface area is 138 Å². The van der Waals surface area contributed by atoms with Gasteiger partial charge in [-0.05, 0) is 31.7 Å². The van der Waals surface area contributed by atoms with Crippen LogP contribution < -0.4 is 0 Å². The fourth-order valence-corrected chi connectivity index (χ4v) is 3.68. The zero-order valence-electron chi connectivity index (χ0n) is 13.2. The lowest BCUT2D eigenvalue weighted by Gasteiger charge is -2.35. The van der Waals surface area contributed by atoms with Gasteiger partial charge in [0.15, 0.2) is 5.69 Å². The van der Waals surface area contributed by atoms with Crippen LogP contribution in [0.25, 0.3) is 0 Å². The molecule has 1 aliphatic carbocycles. The SMILES string of the molecule is N#CC1(C(=O)N2CCC(n3ccc(C(F)(F)F)n3)CC2)CCCC1. The number of likely N-dealkylation sites (tertiary alicyclic amines) is 1. The topological polar surface area (TPSA) is 61.9 Å². The van der Waals surface area contributed by atoms with E-state index in [9.17, 15) is 23.2 Å². The number of carbonyl (C=O) groups excluding carboxylic acids is 1. The highest BCUT2D eigenvalue weighted by atomic mass is 19.4. The predicted molar refractivity (Wildman–Crippen MR) is 78.6 cm³/mol. The van der Waals surface area contributed by atoms with E-state index in [1.54, 1.807) is 4.90 Å². The van der Waals surface area contributed by atoms with Gasteiger partial charge in [0.25, 0.3) is 0 Å². The number of piperidine rings is 1. The molecule has 1 aromatic heterocycles. The van der Waals surface area contributed by atoms with Crippen LogP contribution in [0.5, 0.6) is 0 Å². The Morgan fingerprint density at radius 2 is 1.92 bits per heavy atom. The summed E-state index contributed by atoms with van der Waals surface area (Å²) < 4.78 is 39.2. The molecule has 3 rings (SSSR count). The van der Waals surface area contributed by atoms with Crippen molar-refractivity contribution in [2.75, 3.05) is 13.1 Å². The fraction of sp³-hybridized carbons (Fsp3) is 0.688. The van der Waals surface area contributed by atoms with Crippen LogP contribution in [-0.4, -0.2) is 33.7 Å². The number of rotatable bonds is 2. The van der Waals surface area contributed by atoms with Gasteiger partial charge in [-0.15, -0.1) is 0 Å². The van der Waals surface area contributed by atoms with Gasteiger partial charge >= 0.3 is 6.18 Å². The van der Waals surface area contributed by atoms with Crippen molar-refractivity contribution < 1.29 is 18.0 Å². The van der Waals surface area contributed by atoms with Gasteiger partial charge in [0.1, 0.15) is 5.41 Å². The molecule has 130 valence electrons. The van der Waals surface area contributed by atoms with Gasteiger partial charge in [-0.2, -0.15) is 23.5 Å². The summed E-state index contributed by atoms with van der Waals surface area (Å²) in [5.41, 5.74) is -1.78. The van der Waals surface area contributed by atoms with Crippen molar-refractivity contribution >= 4 is 5.91 Å². The highest BCUT2D eigenvalue weighted by molar-refractivity contribution is 5.85. The Balaban J connectivity index is 1.63. The molecule has 1 aromatic rings. The molecule has 0 unspecified atom stereocenters. The number of carbonyl (C=O) groups is 1. The van der Waals surface area contributed by atoms with Crippen molar-refractivity contribution in [2.45, 2.75) is 50.7 Å². The number of nitrogens with zero attached hydrogens (tertiary/aromatic N) is 4. The molecule has 0 bridgehead atoms. The lowest BCUT2D eigenvalue weighted by atomic mass is 9.85. The van der Waals surface area contributed by atoms with Crippen molar-refractivity contribution in [3.63, 3.8) is 0 Å². The normalized spacial score (nSPS) is 21.7. The molecule has 0 N–H and O–H groups in total. The Kier molecular flexibility index (Phi) is 4.28.